The van der Waals surface area contributed by atoms with E-state index >= 15 is 0 Å². The molecule has 2 aromatic rings. The lowest BCUT2D eigenvalue weighted by atomic mass is 10.6. The third-order valence-corrected chi connectivity index (χ3v) is 2.08. The summed E-state index contributed by atoms with van der Waals surface area (Å²) in [7, 11) is 0. The van der Waals surface area contributed by atoms with Crippen molar-refractivity contribution in [3.8, 4) is 0 Å². The van der Waals surface area contributed by atoms with Crippen molar-refractivity contribution in [3.05, 3.63) is 36.9 Å². The third-order valence-electron chi connectivity index (χ3n) is 1.66. The van der Waals surface area contributed by atoms with Crippen LogP contribution in [0.2, 0.25) is 0 Å². The van der Waals surface area contributed by atoms with Crippen LogP contribution >= 0.6 is 12.2 Å². The second-order valence-corrected chi connectivity index (χ2v) is 3.04. The van der Waals surface area contributed by atoms with Crippen LogP contribution in [-0.2, 0) is 0 Å². The summed E-state index contributed by atoms with van der Waals surface area (Å²) in [5.74, 6) is 0. The quantitative estimate of drug-likeness (QED) is 0.586. The molecule has 0 aliphatic carbocycles. The van der Waals surface area contributed by atoms with E-state index in [1.807, 2.05) is 13.1 Å². The van der Waals surface area contributed by atoms with Crippen LogP contribution < -0.4 is 0 Å². The molecule has 0 fully saturated rings. The second-order valence-electron chi connectivity index (χ2n) is 2.67. The van der Waals surface area contributed by atoms with E-state index in [0.29, 0.717) is 5.11 Å². The molecule has 0 bridgehead atoms. The van der Waals surface area contributed by atoms with E-state index in [2.05, 4.69) is 9.97 Å². The molecular formula is C8H8N4S. The predicted molar refractivity (Wildman–Crippen MR) is 52.6 cm³/mol. The van der Waals surface area contributed by atoms with Gasteiger partial charge in [0.2, 0.25) is 0 Å². The SMILES string of the molecule is Cc1cn(C(=S)n2ccnc2)cn1. The lowest BCUT2D eigenvalue weighted by Gasteiger charge is -2.03. The van der Waals surface area contributed by atoms with Crippen molar-refractivity contribution in [1.29, 1.82) is 0 Å². The van der Waals surface area contributed by atoms with Gasteiger partial charge < -0.3 is 0 Å². The van der Waals surface area contributed by atoms with E-state index in [4.69, 9.17) is 12.2 Å². The summed E-state index contributed by atoms with van der Waals surface area (Å²) in [6, 6.07) is 0. The molecule has 0 aliphatic rings. The third kappa shape index (κ3) is 1.50. The van der Waals surface area contributed by atoms with Crippen LogP contribution in [0.25, 0.3) is 0 Å². The Balaban J connectivity index is 2.33. The van der Waals surface area contributed by atoms with Crippen LogP contribution in [0, 0.1) is 6.92 Å². The Bertz CT molecular complexity index is 415. The number of hydrogen-bond acceptors (Lipinski definition) is 3. The predicted octanol–water partition coefficient (Wildman–Crippen LogP) is 1.07. The van der Waals surface area contributed by atoms with Crippen molar-refractivity contribution in [2.24, 2.45) is 0 Å². The Morgan fingerprint density at radius 2 is 2.23 bits per heavy atom. The Hall–Kier alpha value is -1.49. The van der Waals surface area contributed by atoms with Crippen molar-refractivity contribution >= 4 is 17.3 Å². The smallest absolute Gasteiger partial charge is 0.190 e. The summed E-state index contributed by atoms with van der Waals surface area (Å²) < 4.78 is 3.54. The monoisotopic (exact) mass is 192 g/mol. The van der Waals surface area contributed by atoms with Crippen molar-refractivity contribution in [2.75, 3.05) is 0 Å². The normalized spacial score (nSPS) is 10.2. The van der Waals surface area contributed by atoms with Gasteiger partial charge in [-0.2, -0.15) is 0 Å². The molecule has 5 heteroatoms. The fourth-order valence-electron chi connectivity index (χ4n) is 1.03. The van der Waals surface area contributed by atoms with E-state index in [9.17, 15) is 0 Å². The van der Waals surface area contributed by atoms with Gasteiger partial charge >= 0.3 is 0 Å². The molecule has 2 aromatic heterocycles. The topological polar surface area (TPSA) is 35.6 Å². The molecule has 4 nitrogen and oxygen atoms in total. The fraction of sp³-hybridized carbons (Fsp3) is 0.125. The first-order chi connectivity index (χ1) is 6.27. The van der Waals surface area contributed by atoms with Crippen molar-refractivity contribution < 1.29 is 0 Å². The first-order valence-electron chi connectivity index (χ1n) is 3.80. The van der Waals surface area contributed by atoms with E-state index in [1.165, 1.54) is 0 Å². The molecule has 0 atom stereocenters. The minimum Gasteiger partial charge on any atom is -0.282 e. The summed E-state index contributed by atoms with van der Waals surface area (Å²) in [5, 5.41) is 0.651. The maximum atomic E-state index is 5.20. The number of aryl methyl sites for hydroxylation is 1. The Labute approximate surface area is 80.9 Å². The Morgan fingerprint density at radius 3 is 2.77 bits per heavy atom. The second kappa shape index (κ2) is 3.10. The number of hydrogen-bond donors (Lipinski definition) is 0. The van der Waals surface area contributed by atoms with Crippen LogP contribution in [0.3, 0.4) is 0 Å². The van der Waals surface area contributed by atoms with Gasteiger partial charge in [-0.3, -0.25) is 9.13 Å². The van der Waals surface area contributed by atoms with Crippen molar-refractivity contribution in [1.82, 2.24) is 19.1 Å². The number of aromatic nitrogens is 4. The highest BCUT2D eigenvalue weighted by Crippen LogP contribution is 1.97. The Kier molecular flexibility index (Phi) is 1.94. The van der Waals surface area contributed by atoms with Gasteiger partial charge in [-0.05, 0) is 19.1 Å². The van der Waals surface area contributed by atoms with Gasteiger partial charge in [-0.25, -0.2) is 9.97 Å². The minimum atomic E-state index is 0.651. The maximum Gasteiger partial charge on any atom is 0.190 e. The molecule has 0 unspecified atom stereocenters. The highest BCUT2D eigenvalue weighted by atomic mass is 32.1. The molecule has 0 aliphatic heterocycles. The highest BCUT2D eigenvalue weighted by molar-refractivity contribution is 7.80. The fourth-order valence-corrected chi connectivity index (χ4v) is 1.24. The van der Waals surface area contributed by atoms with Gasteiger partial charge in [0.05, 0.1) is 5.69 Å². The first-order valence-corrected chi connectivity index (χ1v) is 4.21. The molecule has 0 saturated heterocycles. The molecule has 0 aromatic carbocycles. The van der Waals surface area contributed by atoms with Gasteiger partial charge in [0.15, 0.2) is 5.11 Å². The molecule has 0 spiro atoms. The summed E-state index contributed by atoms with van der Waals surface area (Å²) in [4.78, 5) is 8.01. The molecule has 0 saturated carbocycles. The zero-order chi connectivity index (χ0) is 9.26. The van der Waals surface area contributed by atoms with E-state index in [1.54, 1.807) is 34.2 Å². The molecule has 0 N–H and O–H groups in total. The minimum absolute atomic E-state index is 0.651. The van der Waals surface area contributed by atoms with Crippen LogP contribution in [-0.4, -0.2) is 24.2 Å². The standard InChI is InChI=1S/C8H8N4S/c1-7-4-12(6-10-7)8(13)11-3-2-9-5-11/h2-6H,1H3. The average Bonchev–Trinajstić information content (AvgIpc) is 2.72. The summed E-state index contributed by atoms with van der Waals surface area (Å²) in [5.41, 5.74) is 0.947. The van der Waals surface area contributed by atoms with E-state index in [-0.39, 0.29) is 0 Å². The lowest BCUT2D eigenvalue weighted by molar-refractivity contribution is 1.03. The molecule has 66 valence electrons. The molecule has 0 radical (unpaired) electrons. The first kappa shape index (κ1) is 8.12. The Morgan fingerprint density at radius 1 is 1.38 bits per heavy atom. The zero-order valence-corrected chi connectivity index (χ0v) is 7.90. The molecule has 13 heavy (non-hydrogen) atoms. The molecule has 2 heterocycles. The lowest BCUT2D eigenvalue weighted by Crippen LogP contribution is -2.15. The van der Waals surface area contributed by atoms with Gasteiger partial charge in [0.1, 0.15) is 12.7 Å². The van der Waals surface area contributed by atoms with Crippen LogP contribution in [0.1, 0.15) is 5.69 Å². The van der Waals surface area contributed by atoms with Gasteiger partial charge in [-0.1, -0.05) is 0 Å². The van der Waals surface area contributed by atoms with Crippen LogP contribution in [0.4, 0.5) is 0 Å². The molecule has 0 amide bonds. The number of nitrogens with zero attached hydrogens (tertiary/aromatic N) is 4. The zero-order valence-electron chi connectivity index (χ0n) is 7.08. The average molecular weight is 192 g/mol. The van der Waals surface area contributed by atoms with Crippen LogP contribution in [0.5, 0.6) is 0 Å². The van der Waals surface area contributed by atoms with Crippen LogP contribution in [0.15, 0.2) is 31.2 Å². The number of thiocarbonyl (C=S) groups is 1. The summed E-state index contributed by atoms with van der Waals surface area (Å²) >= 11 is 5.20. The number of imidazole rings is 2. The van der Waals surface area contributed by atoms with Crippen molar-refractivity contribution in [2.45, 2.75) is 6.92 Å². The van der Waals surface area contributed by atoms with E-state index < -0.39 is 0 Å². The van der Waals surface area contributed by atoms with Gasteiger partial charge in [0, 0.05) is 18.6 Å². The van der Waals surface area contributed by atoms with Gasteiger partial charge in [-0.15, -0.1) is 0 Å². The summed E-state index contributed by atoms with van der Waals surface area (Å²) in [6.45, 7) is 1.92. The van der Waals surface area contributed by atoms with Gasteiger partial charge in [0.25, 0.3) is 0 Å². The maximum absolute atomic E-state index is 5.20. The largest absolute Gasteiger partial charge is 0.282 e. The highest BCUT2D eigenvalue weighted by Gasteiger charge is 2.01. The number of rotatable bonds is 0. The van der Waals surface area contributed by atoms with Crippen molar-refractivity contribution in [3.63, 3.8) is 0 Å². The van der Waals surface area contributed by atoms with E-state index in [0.717, 1.165) is 5.69 Å². The molecular weight excluding hydrogens is 184 g/mol. The summed E-state index contributed by atoms with van der Waals surface area (Å²) in [6.07, 6.45) is 8.73. The molecule has 2 rings (SSSR count).